The van der Waals surface area contributed by atoms with Crippen molar-refractivity contribution in [2.75, 3.05) is 19.8 Å². The normalized spacial score (nSPS) is 15.0. The van der Waals surface area contributed by atoms with E-state index in [-0.39, 0.29) is 5.69 Å². The number of hydrogen-bond donors (Lipinski definition) is 0. The largest absolute Gasteiger partial charge is 0.485 e. The van der Waals surface area contributed by atoms with Crippen LogP contribution in [0, 0.1) is 5.92 Å². The fraction of sp³-hybridized carbons (Fsp3) is 0.643. The average Bonchev–Trinajstić information content (AvgIpc) is 3.43. The van der Waals surface area contributed by atoms with Crippen molar-refractivity contribution in [2.45, 2.75) is 148 Å². The minimum absolute atomic E-state index is 0.250. The van der Waals surface area contributed by atoms with E-state index in [1.165, 1.54) is 82.6 Å². The highest BCUT2D eigenvalue weighted by atomic mass is 28.2. The van der Waals surface area contributed by atoms with Crippen molar-refractivity contribution in [1.82, 2.24) is 15.0 Å². The molecule has 3 aromatic rings. The van der Waals surface area contributed by atoms with Crippen LogP contribution in [0.1, 0.15) is 142 Å². The number of alkyl halides is 2. The number of nitrogens with zero attached hydrogens (tertiary/aromatic N) is 3. The van der Waals surface area contributed by atoms with Crippen molar-refractivity contribution >= 4 is 14.7 Å². The molecule has 0 fully saturated rings. The van der Waals surface area contributed by atoms with Crippen molar-refractivity contribution in [3.8, 4) is 28.4 Å². The maximum absolute atomic E-state index is 14.9. The van der Waals surface area contributed by atoms with Crippen molar-refractivity contribution in [3.63, 3.8) is 0 Å². The highest BCUT2D eigenvalue weighted by Gasteiger charge is 2.45. The number of benzene rings is 1. The minimum atomic E-state index is -3.10. The zero-order chi connectivity index (χ0) is 35.6. The van der Waals surface area contributed by atoms with Gasteiger partial charge in [0.05, 0.1) is 9.52 Å². The van der Waals surface area contributed by atoms with Crippen LogP contribution in [0.5, 0.6) is 5.75 Å². The maximum atomic E-state index is 14.9. The average molecular weight is 708 g/mol. The van der Waals surface area contributed by atoms with Gasteiger partial charge in [-0.3, -0.25) is 0 Å². The summed E-state index contributed by atoms with van der Waals surface area (Å²) in [6, 6.07) is 10.4. The van der Waals surface area contributed by atoms with Crippen molar-refractivity contribution < 1.29 is 18.3 Å². The lowest BCUT2D eigenvalue weighted by atomic mass is 9.96. The molecular formula is C42H63F2N3O2Si. The van der Waals surface area contributed by atoms with E-state index in [0.29, 0.717) is 22.8 Å². The number of unbranched alkanes of at least 4 members (excludes halogenated alkanes) is 9. The van der Waals surface area contributed by atoms with Gasteiger partial charge in [0.25, 0.3) is 0 Å². The molecule has 8 heteroatoms. The molecule has 1 aromatic carbocycles. The van der Waals surface area contributed by atoms with Gasteiger partial charge in [-0.15, -0.1) is 0 Å². The summed E-state index contributed by atoms with van der Waals surface area (Å²) in [6.07, 6.45) is 24.5. The third-order valence-electron chi connectivity index (χ3n) is 10.1. The summed E-state index contributed by atoms with van der Waals surface area (Å²) < 4.78 is 41.1. The molecule has 1 aliphatic rings. The van der Waals surface area contributed by atoms with Crippen LogP contribution in [-0.2, 0) is 17.1 Å². The van der Waals surface area contributed by atoms with Gasteiger partial charge in [-0.2, -0.15) is 8.78 Å². The van der Waals surface area contributed by atoms with Gasteiger partial charge >= 0.3 is 5.92 Å². The smallest absolute Gasteiger partial charge is 0.326 e. The van der Waals surface area contributed by atoms with Crippen LogP contribution < -0.4 is 9.92 Å². The van der Waals surface area contributed by atoms with Crippen LogP contribution in [0.3, 0.4) is 0 Å². The lowest BCUT2D eigenvalue weighted by molar-refractivity contribution is -0.0243. The molecule has 2 aromatic heterocycles. The van der Waals surface area contributed by atoms with E-state index in [1.54, 1.807) is 12.4 Å². The number of rotatable bonds is 25. The molecule has 1 aliphatic heterocycles. The second kappa shape index (κ2) is 21.6. The lowest BCUT2D eigenvalue weighted by Crippen LogP contribution is -2.22. The van der Waals surface area contributed by atoms with E-state index in [2.05, 4.69) is 66.9 Å². The molecule has 0 saturated carbocycles. The summed E-state index contributed by atoms with van der Waals surface area (Å²) in [6.45, 7) is 10.2. The predicted molar refractivity (Wildman–Crippen MR) is 207 cm³/mol. The van der Waals surface area contributed by atoms with E-state index < -0.39 is 22.0 Å². The first-order valence-electron chi connectivity index (χ1n) is 19.8. The molecule has 2 atom stereocenters. The molecule has 276 valence electrons. The van der Waals surface area contributed by atoms with Gasteiger partial charge in [-0.05, 0) is 59.5 Å². The minimum Gasteiger partial charge on any atom is -0.485 e. The molecule has 0 bridgehead atoms. The molecule has 0 aliphatic carbocycles. The Morgan fingerprint density at radius 1 is 0.780 bits per heavy atom. The van der Waals surface area contributed by atoms with Crippen molar-refractivity contribution in [1.29, 1.82) is 0 Å². The van der Waals surface area contributed by atoms with Crippen LogP contribution >= 0.6 is 0 Å². The molecule has 0 amide bonds. The molecule has 0 N–H and O–H groups in total. The molecule has 50 heavy (non-hydrogen) atoms. The molecular weight excluding hydrogens is 645 g/mol. The van der Waals surface area contributed by atoms with Crippen LogP contribution in [-0.4, -0.2) is 44.3 Å². The zero-order valence-corrected chi connectivity index (χ0v) is 32.9. The Balaban J connectivity index is 1.28. The van der Waals surface area contributed by atoms with E-state index in [9.17, 15) is 8.78 Å². The van der Waals surface area contributed by atoms with E-state index in [4.69, 9.17) is 9.47 Å². The van der Waals surface area contributed by atoms with E-state index in [1.807, 2.05) is 6.07 Å². The highest BCUT2D eigenvalue weighted by Crippen LogP contribution is 2.40. The first kappa shape index (κ1) is 40.1. The summed E-state index contributed by atoms with van der Waals surface area (Å²) in [5.74, 6) is -1.60. The number of aromatic nitrogens is 3. The van der Waals surface area contributed by atoms with Gasteiger partial charge in [0.2, 0.25) is 0 Å². The quantitative estimate of drug-likeness (QED) is 0.0648. The fourth-order valence-electron chi connectivity index (χ4n) is 6.94. The number of halogens is 2. The zero-order valence-electron chi connectivity index (χ0n) is 31.5. The number of pyridine rings is 1. The van der Waals surface area contributed by atoms with Crippen molar-refractivity contribution in [2.24, 2.45) is 5.92 Å². The van der Waals surface area contributed by atoms with Crippen LogP contribution in [0.4, 0.5) is 8.78 Å². The summed E-state index contributed by atoms with van der Waals surface area (Å²) in [7, 11) is -0.878. The van der Waals surface area contributed by atoms with Crippen molar-refractivity contribution in [3.05, 3.63) is 54.0 Å². The second-order valence-electron chi connectivity index (χ2n) is 14.9. The summed E-state index contributed by atoms with van der Waals surface area (Å²) in [5.41, 5.74) is 3.86. The molecule has 0 spiro atoms. The van der Waals surface area contributed by atoms with Gasteiger partial charge in [0.1, 0.15) is 11.4 Å². The molecule has 5 nitrogen and oxygen atoms in total. The summed E-state index contributed by atoms with van der Waals surface area (Å²) in [4.78, 5) is 13.6. The fourth-order valence-corrected chi connectivity index (χ4v) is 8.95. The van der Waals surface area contributed by atoms with Gasteiger partial charge < -0.3 is 9.47 Å². The topological polar surface area (TPSA) is 57.1 Å². The number of aryl methyl sites for hydroxylation is 1. The highest BCUT2D eigenvalue weighted by molar-refractivity contribution is 6.56. The number of ether oxygens (including phenoxy) is 2. The van der Waals surface area contributed by atoms with Gasteiger partial charge in [0.15, 0.2) is 18.1 Å². The second-order valence-corrected chi connectivity index (χ2v) is 17.4. The molecule has 3 heterocycles. The molecule has 0 radical (unpaired) electrons. The Morgan fingerprint density at radius 3 is 2.10 bits per heavy atom. The van der Waals surface area contributed by atoms with E-state index in [0.717, 1.165) is 67.5 Å². The first-order chi connectivity index (χ1) is 24.3. The third-order valence-corrected chi connectivity index (χ3v) is 12.2. The number of fused-ring (bicyclic) bond motifs is 1. The Bertz CT molecular complexity index is 1390. The van der Waals surface area contributed by atoms with Gasteiger partial charge in [-0.25, -0.2) is 15.0 Å². The Morgan fingerprint density at radius 2 is 1.40 bits per heavy atom. The van der Waals surface area contributed by atoms with Gasteiger partial charge in [0, 0.05) is 31.2 Å². The maximum Gasteiger partial charge on any atom is 0.326 e. The van der Waals surface area contributed by atoms with Crippen LogP contribution in [0.25, 0.3) is 22.6 Å². The Kier molecular flexibility index (Phi) is 17.3. The summed E-state index contributed by atoms with van der Waals surface area (Å²) in [5, 5.41) is 0.914. The number of hydrogen-bond acceptors (Lipinski definition) is 5. The molecule has 2 unspecified atom stereocenters. The molecule has 0 saturated heterocycles. The third kappa shape index (κ3) is 13.1. The first-order valence-corrected chi connectivity index (χ1v) is 21.4. The van der Waals surface area contributed by atoms with Gasteiger partial charge in [-0.1, -0.05) is 135 Å². The monoisotopic (exact) mass is 707 g/mol. The predicted octanol–water partition coefficient (Wildman–Crippen LogP) is 10.8. The summed E-state index contributed by atoms with van der Waals surface area (Å²) >= 11 is 0. The Hall–Kier alpha value is -2.71. The Labute approximate surface area is 303 Å². The lowest BCUT2D eigenvalue weighted by Gasteiger charge is -2.15. The molecule has 4 rings (SSSR count). The van der Waals surface area contributed by atoms with Crippen LogP contribution in [0.2, 0.25) is 5.54 Å². The SMILES string of the molecule is CCCCCCOCCCCc1ccc(-c2cnc(-c3cc([SiH2]C(C)CCCCCCC(C)CCCCC)c4c(n3)C(F)(F)CO4)nc2)cc1. The van der Waals surface area contributed by atoms with E-state index >= 15 is 0 Å². The standard InChI is InChI=1S/C42H63F2N3O2Si/c1-5-7-9-16-26-48-27-17-15-21-34-22-24-35(25-23-34)36-29-45-41(46-30-36)37-28-38(39-40(47-37)42(43,44)31-49-39)50-33(4)20-14-11-10-13-19-32(3)18-12-8-6-2/h22-25,28-30,32-33H,5-21,26-27,31,50H2,1-4H3. The van der Waals surface area contributed by atoms with Crippen LogP contribution in [0.15, 0.2) is 42.7 Å².